The lowest BCUT2D eigenvalue weighted by atomic mass is 9.98. The number of methoxy groups -OCH3 is 1. The summed E-state index contributed by atoms with van der Waals surface area (Å²) in [5, 5.41) is 0. The number of carbonyl (C=O) groups excluding carboxylic acids is 1. The summed E-state index contributed by atoms with van der Waals surface area (Å²) in [6.45, 7) is 3.16. The molecule has 1 aromatic rings. The minimum Gasteiger partial charge on any atom is -0.381 e. The first-order chi connectivity index (χ1) is 9.55. The third kappa shape index (κ3) is 4.42. The Labute approximate surface area is 140 Å². The topological polar surface area (TPSA) is 55.6 Å². The molecule has 4 nitrogen and oxygen atoms in total. The van der Waals surface area contributed by atoms with Gasteiger partial charge in [0.05, 0.1) is 6.10 Å². The van der Waals surface area contributed by atoms with Crippen molar-refractivity contribution in [1.82, 2.24) is 4.90 Å². The number of amides is 1. The molecule has 1 fully saturated rings. The second-order valence-electron chi connectivity index (χ2n) is 5.29. The molecule has 2 unspecified atom stereocenters. The van der Waals surface area contributed by atoms with Crippen LogP contribution in [-0.4, -0.2) is 43.2 Å². The smallest absolute Gasteiger partial charge is 0.254 e. The maximum atomic E-state index is 12.7. The van der Waals surface area contributed by atoms with Crippen molar-refractivity contribution in [3.8, 4) is 0 Å². The minimum absolute atomic E-state index is 0. The van der Waals surface area contributed by atoms with Crippen LogP contribution in [0.15, 0.2) is 22.7 Å². The van der Waals surface area contributed by atoms with Crippen molar-refractivity contribution >= 4 is 34.2 Å². The highest BCUT2D eigenvalue weighted by molar-refractivity contribution is 9.10. The molecule has 0 aromatic heterocycles. The van der Waals surface area contributed by atoms with Crippen LogP contribution in [0.3, 0.4) is 0 Å². The van der Waals surface area contributed by atoms with Gasteiger partial charge in [0.25, 0.3) is 5.91 Å². The van der Waals surface area contributed by atoms with Gasteiger partial charge in [0.15, 0.2) is 0 Å². The van der Waals surface area contributed by atoms with Gasteiger partial charge in [0.2, 0.25) is 0 Å². The maximum Gasteiger partial charge on any atom is 0.254 e. The standard InChI is InChI=1S/C15H21BrN2O2.ClH/c1-10-5-11(7-12(16)6-10)15(19)18-4-3-14(20-2)8-13(18)9-17;/h5-7,13-14H,3-4,8-9,17H2,1-2H3;1H. The highest BCUT2D eigenvalue weighted by Crippen LogP contribution is 2.23. The number of likely N-dealkylation sites (tertiary alicyclic amines) is 1. The van der Waals surface area contributed by atoms with E-state index in [2.05, 4.69) is 15.9 Å². The predicted molar refractivity (Wildman–Crippen MR) is 90.0 cm³/mol. The number of ether oxygens (including phenoxy) is 1. The number of aryl methyl sites for hydroxylation is 1. The van der Waals surface area contributed by atoms with Crippen LogP contribution in [0.25, 0.3) is 0 Å². The molecule has 1 aliphatic rings. The van der Waals surface area contributed by atoms with E-state index in [9.17, 15) is 4.79 Å². The van der Waals surface area contributed by atoms with E-state index in [1.807, 2.05) is 30.0 Å². The molecule has 1 amide bonds. The van der Waals surface area contributed by atoms with Gasteiger partial charge in [-0.2, -0.15) is 0 Å². The van der Waals surface area contributed by atoms with E-state index in [0.717, 1.165) is 22.9 Å². The van der Waals surface area contributed by atoms with E-state index < -0.39 is 0 Å². The van der Waals surface area contributed by atoms with Crippen molar-refractivity contribution in [3.63, 3.8) is 0 Å². The lowest BCUT2D eigenvalue weighted by Gasteiger charge is -2.38. The van der Waals surface area contributed by atoms with Crippen LogP contribution in [0.4, 0.5) is 0 Å². The first-order valence-corrected chi connectivity index (χ1v) is 7.65. The molecule has 0 bridgehead atoms. The molecule has 1 heterocycles. The normalized spacial score (nSPS) is 21.8. The number of rotatable bonds is 3. The van der Waals surface area contributed by atoms with Gasteiger partial charge < -0.3 is 15.4 Å². The fourth-order valence-electron chi connectivity index (χ4n) is 2.74. The Hall–Kier alpha value is -0.620. The van der Waals surface area contributed by atoms with Crippen LogP contribution >= 0.6 is 28.3 Å². The highest BCUT2D eigenvalue weighted by Gasteiger charge is 2.31. The van der Waals surface area contributed by atoms with Gasteiger partial charge in [-0.1, -0.05) is 15.9 Å². The van der Waals surface area contributed by atoms with Crippen molar-refractivity contribution in [1.29, 1.82) is 0 Å². The number of piperidine rings is 1. The molecule has 1 saturated heterocycles. The first-order valence-electron chi connectivity index (χ1n) is 6.86. The molecule has 0 spiro atoms. The van der Waals surface area contributed by atoms with Gasteiger partial charge >= 0.3 is 0 Å². The Morgan fingerprint density at radius 1 is 1.48 bits per heavy atom. The number of benzene rings is 1. The fourth-order valence-corrected chi connectivity index (χ4v) is 3.35. The van der Waals surface area contributed by atoms with Gasteiger partial charge in [-0.3, -0.25) is 4.79 Å². The van der Waals surface area contributed by atoms with Crippen LogP contribution in [0.1, 0.15) is 28.8 Å². The Morgan fingerprint density at radius 2 is 2.19 bits per heavy atom. The van der Waals surface area contributed by atoms with Crippen molar-refractivity contribution in [2.75, 3.05) is 20.2 Å². The average molecular weight is 378 g/mol. The Kier molecular flexibility index (Phi) is 7.13. The Balaban J connectivity index is 0.00000220. The van der Waals surface area contributed by atoms with Crippen molar-refractivity contribution in [2.24, 2.45) is 5.73 Å². The molecule has 2 N–H and O–H groups in total. The molecule has 0 saturated carbocycles. The second-order valence-corrected chi connectivity index (χ2v) is 6.20. The minimum atomic E-state index is 0. The summed E-state index contributed by atoms with van der Waals surface area (Å²) in [7, 11) is 1.72. The largest absolute Gasteiger partial charge is 0.381 e. The van der Waals surface area contributed by atoms with Crippen LogP contribution in [0.5, 0.6) is 0 Å². The van der Waals surface area contributed by atoms with E-state index >= 15 is 0 Å². The Bertz CT molecular complexity index is 478. The third-order valence-corrected chi connectivity index (χ3v) is 4.28. The fraction of sp³-hybridized carbons (Fsp3) is 0.533. The lowest BCUT2D eigenvalue weighted by Crippen LogP contribution is -2.51. The van der Waals surface area contributed by atoms with Crippen LogP contribution in [0.2, 0.25) is 0 Å². The Morgan fingerprint density at radius 3 is 2.76 bits per heavy atom. The molecular weight excluding hydrogens is 356 g/mol. The lowest BCUT2D eigenvalue weighted by molar-refractivity contribution is 0.0139. The molecule has 6 heteroatoms. The van der Waals surface area contributed by atoms with Gasteiger partial charge in [-0.25, -0.2) is 0 Å². The second kappa shape index (κ2) is 8.13. The number of hydrogen-bond acceptors (Lipinski definition) is 3. The summed E-state index contributed by atoms with van der Waals surface area (Å²) in [4.78, 5) is 14.6. The molecule has 2 rings (SSSR count). The van der Waals surface area contributed by atoms with E-state index in [0.29, 0.717) is 18.7 Å². The summed E-state index contributed by atoms with van der Waals surface area (Å²) < 4.78 is 6.32. The van der Waals surface area contributed by atoms with E-state index in [-0.39, 0.29) is 30.5 Å². The van der Waals surface area contributed by atoms with E-state index in [4.69, 9.17) is 10.5 Å². The summed E-state index contributed by atoms with van der Waals surface area (Å²) in [5.41, 5.74) is 7.61. The molecule has 0 radical (unpaired) electrons. The molecule has 1 aliphatic heterocycles. The molecule has 2 atom stereocenters. The quantitative estimate of drug-likeness (QED) is 0.881. The van der Waals surface area contributed by atoms with Crippen molar-refractivity contribution in [3.05, 3.63) is 33.8 Å². The van der Waals surface area contributed by atoms with Gasteiger partial charge in [-0.05, 0) is 43.5 Å². The van der Waals surface area contributed by atoms with Crippen molar-refractivity contribution < 1.29 is 9.53 Å². The monoisotopic (exact) mass is 376 g/mol. The summed E-state index contributed by atoms with van der Waals surface area (Å²) >= 11 is 3.44. The summed E-state index contributed by atoms with van der Waals surface area (Å²) in [6, 6.07) is 5.84. The van der Waals surface area contributed by atoms with Crippen LogP contribution < -0.4 is 5.73 Å². The molecule has 118 valence electrons. The summed E-state index contributed by atoms with van der Waals surface area (Å²) in [6.07, 6.45) is 1.88. The molecule has 0 aliphatic carbocycles. The first kappa shape index (κ1) is 18.4. The molecular formula is C15H22BrClN2O2. The average Bonchev–Trinajstić information content (AvgIpc) is 2.44. The zero-order valence-electron chi connectivity index (χ0n) is 12.3. The van der Waals surface area contributed by atoms with E-state index in [1.165, 1.54) is 0 Å². The highest BCUT2D eigenvalue weighted by atomic mass is 79.9. The third-order valence-electron chi connectivity index (χ3n) is 3.82. The predicted octanol–water partition coefficient (Wildman–Crippen LogP) is 2.76. The SMILES string of the molecule is COC1CCN(C(=O)c2cc(C)cc(Br)c2)C(CN)C1.Cl. The van der Waals surface area contributed by atoms with Crippen LogP contribution in [-0.2, 0) is 4.74 Å². The van der Waals surface area contributed by atoms with Gasteiger partial charge in [0, 0.05) is 36.3 Å². The zero-order chi connectivity index (χ0) is 14.7. The summed E-state index contributed by atoms with van der Waals surface area (Å²) in [5.74, 6) is 0.0550. The maximum absolute atomic E-state index is 12.7. The van der Waals surface area contributed by atoms with Crippen molar-refractivity contribution in [2.45, 2.75) is 31.9 Å². The zero-order valence-corrected chi connectivity index (χ0v) is 14.7. The number of nitrogens with zero attached hydrogens (tertiary/aromatic N) is 1. The molecule has 1 aromatic carbocycles. The number of halogens is 2. The van der Waals surface area contributed by atoms with Gasteiger partial charge in [-0.15, -0.1) is 12.4 Å². The number of hydrogen-bond donors (Lipinski definition) is 1. The van der Waals surface area contributed by atoms with Gasteiger partial charge in [0.1, 0.15) is 0 Å². The molecule has 21 heavy (non-hydrogen) atoms. The van der Waals surface area contributed by atoms with Crippen LogP contribution in [0, 0.1) is 6.92 Å². The van der Waals surface area contributed by atoms with E-state index in [1.54, 1.807) is 7.11 Å². The number of nitrogens with two attached hydrogens (primary N) is 1. The number of carbonyl (C=O) groups is 1.